The number of halogens is 1. The number of nitrogens with zero attached hydrogens (tertiary/aromatic N) is 2. The van der Waals surface area contributed by atoms with Crippen molar-refractivity contribution in [2.75, 3.05) is 11.9 Å². The third-order valence-electron chi connectivity index (χ3n) is 5.54. The topological polar surface area (TPSA) is 71.0 Å². The molecule has 2 heterocycles. The van der Waals surface area contributed by atoms with Crippen LogP contribution in [0, 0.1) is 19.7 Å². The summed E-state index contributed by atoms with van der Waals surface area (Å²) in [6.07, 6.45) is 0.0408. The molecule has 0 spiro atoms. The Balaban J connectivity index is 1.67. The maximum atomic E-state index is 15.0. The van der Waals surface area contributed by atoms with Crippen molar-refractivity contribution in [3.63, 3.8) is 0 Å². The SMILES string of the molecule is CCOC(=O)C1=C(C)N=C2SC=C(CC(=O)Nc3cc(C)cc(C)c3)N2[C@H]1c1ccccc1F. The minimum absolute atomic E-state index is 0.0408. The number of hydrogen-bond donors (Lipinski definition) is 1. The number of aryl methyl sites for hydroxylation is 2. The molecule has 0 aromatic heterocycles. The van der Waals surface area contributed by atoms with Gasteiger partial charge in [0, 0.05) is 16.9 Å². The van der Waals surface area contributed by atoms with Gasteiger partial charge >= 0.3 is 5.97 Å². The van der Waals surface area contributed by atoms with Crippen molar-refractivity contribution < 1.29 is 18.7 Å². The van der Waals surface area contributed by atoms with Crippen molar-refractivity contribution in [3.8, 4) is 0 Å². The van der Waals surface area contributed by atoms with Crippen molar-refractivity contribution >= 4 is 34.5 Å². The summed E-state index contributed by atoms with van der Waals surface area (Å²) in [5, 5.41) is 5.36. The average Bonchev–Trinajstić information content (AvgIpc) is 3.14. The van der Waals surface area contributed by atoms with Gasteiger partial charge in [0.05, 0.1) is 30.3 Å². The zero-order valence-corrected chi connectivity index (χ0v) is 20.3. The lowest BCUT2D eigenvalue weighted by Gasteiger charge is -2.36. The van der Waals surface area contributed by atoms with Crippen LogP contribution in [-0.2, 0) is 14.3 Å². The molecule has 2 aliphatic rings. The zero-order valence-electron chi connectivity index (χ0n) is 19.5. The summed E-state index contributed by atoms with van der Waals surface area (Å²) >= 11 is 1.35. The number of hydrogen-bond acceptors (Lipinski definition) is 6. The molecule has 6 nitrogen and oxygen atoms in total. The van der Waals surface area contributed by atoms with Gasteiger partial charge in [-0.05, 0) is 62.4 Å². The van der Waals surface area contributed by atoms with Crippen LogP contribution in [-0.4, -0.2) is 28.6 Å². The van der Waals surface area contributed by atoms with Crippen molar-refractivity contribution in [2.45, 2.75) is 40.2 Å². The van der Waals surface area contributed by atoms with Gasteiger partial charge < -0.3 is 15.0 Å². The van der Waals surface area contributed by atoms with Crippen LogP contribution in [0.3, 0.4) is 0 Å². The molecule has 2 aliphatic heterocycles. The van der Waals surface area contributed by atoms with E-state index in [1.165, 1.54) is 17.8 Å². The number of nitrogens with one attached hydrogen (secondary N) is 1. The van der Waals surface area contributed by atoms with Crippen LogP contribution in [0.1, 0.15) is 43.0 Å². The second-order valence-electron chi connectivity index (χ2n) is 8.24. The standard InChI is InChI=1S/C26H26FN3O3S/c1-5-33-25(32)23-17(4)28-26-30(24(23)20-8-6-7-9-21(20)27)19(14-34-26)13-22(31)29-18-11-15(2)10-16(3)12-18/h6-12,14,24H,5,13H2,1-4H3,(H,29,31)/t24-/m0/s1. The Hall–Kier alpha value is -3.39. The highest BCUT2D eigenvalue weighted by Crippen LogP contribution is 2.45. The number of thioether (sulfide) groups is 1. The van der Waals surface area contributed by atoms with Gasteiger partial charge in [0.15, 0.2) is 5.17 Å². The number of fused-ring (bicyclic) bond motifs is 1. The largest absolute Gasteiger partial charge is 0.463 e. The second kappa shape index (κ2) is 9.85. The van der Waals surface area contributed by atoms with Crippen molar-refractivity contribution in [1.82, 2.24) is 4.90 Å². The molecule has 2 aromatic rings. The molecule has 0 aliphatic carbocycles. The van der Waals surface area contributed by atoms with Crippen molar-refractivity contribution in [1.29, 1.82) is 0 Å². The number of benzene rings is 2. The Kier molecular flexibility index (Phi) is 6.88. The minimum atomic E-state index is -0.789. The zero-order chi connectivity index (χ0) is 24.4. The van der Waals surface area contributed by atoms with Crippen LogP contribution in [0.2, 0.25) is 0 Å². The average molecular weight is 480 g/mol. The summed E-state index contributed by atoms with van der Waals surface area (Å²) in [4.78, 5) is 32.2. The third kappa shape index (κ3) is 4.77. The summed E-state index contributed by atoms with van der Waals surface area (Å²) in [7, 11) is 0. The van der Waals surface area contributed by atoms with E-state index in [4.69, 9.17) is 4.74 Å². The summed E-state index contributed by atoms with van der Waals surface area (Å²) < 4.78 is 20.3. The van der Waals surface area contributed by atoms with Crippen molar-refractivity contribution in [3.05, 3.63) is 87.3 Å². The Morgan fingerprint density at radius 3 is 2.53 bits per heavy atom. The van der Waals surface area contributed by atoms with Gasteiger partial charge in [-0.25, -0.2) is 14.2 Å². The fourth-order valence-electron chi connectivity index (χ4n) is 4.25. The first-order valence-electron chi connectivity index (χ1n) is 11.0. The summed E-state index contributed by atoms with van der Waals surface area (Å²) in [5.74, 6) is -1.21. The van der Waals surface area contributed by atoms with Gasteiger partial charge in [0.1, 0.15) is 5.82 Å². The Morgan fingerprint density at radius 2 is 1.85 bits per heavy atom. The fraction of sp³-hybridized carbons (Fsp3) is 0.269. The van der Waals surface area contributed by atoms with Crippen LogP contribution in [0.15, 0.2) is 69.8 Å². The first-order valence-corrected chi connectivity index (χ1v) is 11.9. The van der Waals surface area contributed by atoms with E-state index in [1.54, 1.807) is 36.9 Å². The second-order valence-corrected chi connectivity index (χ2v) is 9.07. The molecule has 1 N–H and O–H groups in total. The molecule has 0 bridgehead atoms. The van der Waals surface area contributed by atoms with Crippen LogP contribution in [0.4, 0.5) is 10.1 Å². The number of anilines is 1. The van der Waals surface area contributed by atoms with Crippen LogP contribution < -0.4 is 5.32 Å². The lowest BCUT2D eigenvalue weighted by atomic mass is 9.93. The number of carbonyl (C=O) groups is 2. The molecule has 8 heteroatoms. The van der Waals surface area contributed by atoms with Gasteiger partial charge in [-0.1, -0.05) is 36.0 Å². The molecule has 1 amide bonds. The summed E-state index contributed by atoms with van der Waals surface area (Å²) in [6.45, 7) is 7.57. The lowest BCUT2D eigenvalue weighted by Crippen LogP contribution is -2.38. The number of allylic oxidation sites excluding steroid dienone is 1. The first kappa shape index (κ1) is 23.8. The number of esters is 1. The maximum absolute atomic E-state index is 15.0. The smallest absolute Gasteiger partial charge is 0.338 e. The van der Waals surface area contributed by atoms with Gasteiger partial charge in [0.2, 0.25) is 5.91 Å². The van der Waals surface area contributed by atoms with Crippen LogP contribution in [0.25, 0.3) is 0 Å². The first-order chi connectivity index (χ1) is 16.3. The minimum Gasteiger partial charge on any atom is -0.463 e. The van der Waals surface area contributed by atoms with Gasteiger partial charge in [-0.15, -0.1) is 0 Å². The van der Waals surface area contributed by atoms with E-state index in [-0.39, 0.29) is 24.5 Å². The Bertz CT molecular complexity index is 1230. The summed E-state index contributed by atoms with van der Waals surface area (Å²) in [5.41, 5.74) is 4.51. The molecular weight excluding hydrogens is 453 g/mol. The van der Waals surface area contributed by atoms with Gasteiger partial charge in [-0.3, -0.25) is 4.79 Å². The number of ether oxygens (including phenoxy) is 1. The predicted molar refractivity (Wildman–Crippen MR) is 133 cm³/mol. The molecule has 1 atom stereocenters. The molecular formula is C26H26FN3O3S. The molecule has 34 heavy (non-hydrogen) atoms. The highest BCUT2D eigenvalue weighted by Gasteiger charge is 2.42. The van der Waals surface area contributed by atoms with E-state index in [1.807, 2.05) is 37.5 Å². The highest BCUT2D eigenvalue weighted by molar-refractivity contribution is 8.16. The highest BCUT2D eigenvalue weighted by atomic mass is 32.2. The number of carbonyl (C=O) groups excluding carboxylic acids is 2. The van der Waals surface area contributed by atoms with E-state index >= 15 is 0 Å². The quantitative estimate of drug-likeness (QED) is 0.546. The summed E-state index contributed by atoms with van der Waals surface area (Å²) in [6, 6.07) is 11.4. The number of aliphatic imine (C=N–C) groups is 1. The van der Waals surface area contributed by atoms with Crippen molar-refractivity contribution in [2.24, 2.45) is 4.99 Å². The third-order valence-corrected chi connectivity index (χ3v) is 6.43. The van der Waals surface area contributed by atoms with E-state index in [0.29, 0.717) is 22.1 Å². The number of amidine groups is 1. The van der Waals surface area contributed by atoms with Crippen LogP contribution >= 0.6 is 11.8 Å². The normalized spacial score (nSPS) is 17.2. The molecule has 0 unspecified atom stereocenters. The van der Waals surface area contributed by atoms with E-state index < -0.39 is 17.8 Å². The molecule has 176 valence electrons. The van der Waals surface area contributed by atoms with Gasteiger partial charge in [0.25, 0.3) is 0 Å². The Morgan fingerprint density at radius 1 is 1.15 bits per heavy atom. The molecule has 0 radical (unpaired) electrons. The lowest BCUT2D eigenvalue weighted by molar-refractivity contribution is -0.139. The Labute approximate surface area is 202 Å². The number of amides is 1. The molecule has 0 fully saturated rings. The van der Waals surface area contributed by atoms with E-state index in [0.717, 1.165) is 16.8 Å². The van der Waals surface area contributed by atoms with E-state index in [9.17, 15) is 14.0 Å². The molecule has 2 aromatic carbocycles. The van der Waals surface area contributed by atoms with E-state index in [2.05, 4.69) is 10.3 Å². The monoisotopic (exact) mass is 479 g/mol. The molecule has 4 rings (SSSR count). The maximum Gasteiger partial charge on any atom is 0.338 e. The molecule has 0 saturated carbocycles. The van der Waals surface area contributed by atoms with Crippen LogP contribution in [0.5, 0.6) is 0 Å². The van der Waals surface area contributed by atoms with Gasteiger partial charge in [-0.2, -0.15) is 0 Å². The molecule has 0 saturated heterocycles. The number of rotatable bonds is 6. The fourth-order valence-corrected chi connectivity index (χ4v) is 5.21. The predicted octanol–water partition coefficient (Wildman–Crippen LogP) is 5.61.